The van der Waals surface area contributed by atoms with Gasteiger partial charge in [0.15, 0.2) is 18.0 Å². The monoisotopic (exact) mass is 821 g/mol. The standard InChI is InChI=1S/C44H55NO14/c1-23-27(57-38(51)32(48)31(25-16-12-10-13-17-25)45-39(52)59-40(3,4)5)21-44(53)36(58-37(50)26-18-14-11-15-19-26)34-42(8,28(47)20-29-43(34,54-9)22-55-29)35(49)33(56-24(2)46)30(23)41(44,6)7/h10-19,27-29,31-34,36,47-48,53H,20-22H2,1-9H3,(H,45,52)/t27-,28-,29+,31-,32+,33+,34?,36-,42+,43-,44+/m0/s1. The van der Waals surface area contributed by atoms with E-state index in [1.165, 1.54) is 26.2 Å². The molecule has 2 aromatic rings. The predicted octanol–water partition coefficient (Wildman–Crippen LogP) is 3.91. The molecule has 2 aromatic carbocycles. The van der Waals surface area contributed by atoms with Gasteiger partial charge in [-0.05, 0) is 63.5 Å². The molecule has 0 aromatic heterocycles. The van der Waals surface area contributed by atoms with Gasteiger partial charge in [0.25, 0.3) is 0 Å². The number of alkyl carbamates (subject to hydrolysis) is 1. The molecule has 1 unspecified atom stereocenters. The number of carbonyl (C=O) groups excluding carboxylic acids is 5. The van der Waals surface area contributed by atoms with Crippen LogP contribution in [0.1, 0.15) is 90.2 Å². The molecule has 320 valence electrons. The van der Waals surface area contributed by atoms with Crippen molar-refractivity contribution in [3.05, 3.63) is 82.9 Å². The number of Topliss-reactive ketones (excluding diaryl/α,β-unsaturated/α-hetero) is 1. The maximum atomic E-state index is 15.4. The quantitative estimate of drug-likeness (QED) is 0.161. The Labute approximate surface area is 343 Å². The van der Waals surface area contributed by atoms with Gasteiger partial charge < -0.3 is 49.1 Å². The number of fused-ring (bicyclic) bond motifs is 5. The highest BCUT2D eigenvalue weighted by Crippen LogP contribution is 2.64. The molecule has 15 nitrogen and oxygen atoms in total. The van der Waals surface area contributed by atoms with Crippen LogP contribution >= 0.6 is 0 Å². The van der Waals surface area contributed by atoms with Crippen molar-refractivity contribution in [3.8, 4) is 0 Å². The second-order valence-electron chi connectivity index (χ2n) is 17.8. The van der Waals surface area contributed by atoms with Crippen LogP contribution in [0.25, 0.3) is 0 Å². The average Bonchev–Trinajstić information content (AvgIpc) is 3.16. The van der Waals surface area contributed by atoms with E-state index < -0.39 is 112 Å². The van der Waals surface area contributed by atoms with E-state index in [0.29, 0.717) is 5.56 Å². The summed E-state index contributed by atoms with van der Waals surface area (Å²) in [5.74, 6) is -5.00. The average molecular weight is 822 g/mol. The molecule has 4 aliphatic rings. The summed E-state index contributed by atoms with van der Waals surface area (Å²) in [4.78, 5) is 69.6. The van der Waals surface area contributed by atoms with Crippen LogP contribution in [0.3, 0.4) is 0 Å². The maximum absolute atomic E-state index is 15.4. The van der Waals surface area contributed by atoms with E-state index in [-0.39, 0.29) is 29.7 Å². The summed E-state index contributed by atoms with van der Waals surface area (Å²) in [6.45, 7) is 12.2. The topological polar surface area (TPSA) is 213 Å². The van der Waals surface area contributed by atoms with Crippen molar-refractivity contribution in [1.29, 1.82) is 0 Å². The number of hydrogen-bond acceptors (Lipinski definition) is 14. The van der Waals surface area contributed by atoms with Crippen LogP contribution in [0.2, 0.25) is 0 Å². The molecule has 4 N–H and O–H groups in total. The Hall–Kier alpha value is -4.67. The minimum Gasteiger partial charge on any atom is -0.456 e. The largest absolute Gasteiger partial charge is 0.456 e. The van der Waals surface area contributed by atoms with Crippen molar-refractivity contribution >= 4 is 29.8 Å². The predicted molar refractivity (Wildman–Crippen MR) is 208 cm³/mol. The van der Waals surface area contributed by atoms with Gasteiger partial charge in [0.05, 0.1) is 35.8 Å². The summed E-state index contributed by atoms with van der Waals surface area (Å²) in [7, 11) is 1.41. The van der Waals surface area contributed by atoms with Gasteiger partial charge in [-0.3, -0.25) is 9.59 Å². The molecular formula is C44H55NO14. The van der Waals surface area contributed by atoms with Crippen LogP contribution in [0, 0.1) is 16.7 Å². The molecule has 2 bridgehead atoms. The fraction of sp³-hybridized carbons (Fsp3) is 0.568. The number of benzene rings is 2. The second kappa shape index (κ2) is 15.7. The molecule has 1 amide bonds. The third kappa shape index (κ3) is 7.45. The van der Waals surface area contributed by atoms with E-state index in [0.717, 1.165) is 6.92 Å². The van der Waals surface area contributed by atoms with E-state index in [1.807, 2.05) is 0 Å². The van der Waals surface area contributed by atoms with Gasteiger partial charge in [0, 0.05) is 38.2 Å². The zero-order valence-corrected chi connectivity index (χ0v) is 34.8. The Morgan fingerprint density at radius 3 is 2.10 bits per heavy atom. The minimum atomic E-state index is -2.27. The zero-order chi connectivity index (χ0) is 43.5. The van der Waals surface area contributed by atoms with Crippen molar-refractivity contribution in [2.45, 2.75) is 128 Å². The summed E-state index contributed by atoms with van der Waals surface area (Å²) in [5.41, 5.74) is -7.31. The fourth-order valence-corrected chi connectivity index (χ4v) is 9.69. The number of rotatable bonds is 9. The Morgan fingerprint density at radius 2 is 1.56 bits per heavy atom. The highest BCUT2D eigenvalue weighted by Gasteiger charge is 2.77. The number of ether oxygens (including phenoxy) is 6. The molecule has 6 rings (SSSR count). The molecule has 11 atom stereocenters. The lowest BCUT2D eigenvalue weighted by Gasteiger charge is -2.67. The number of nitrogens with one attached hydrogen (secondary N) is 1. The summed E-state index contributed by atoms with van der Waals surface area (Å²) < 4.78 is 35.8. The number of amides is 1. The van der Waals surface area contributed by atoms with Crippen molar-refractivity contribution in [3.63, 3.8) is 0 Å². The van der Waals surface area contributed by atoms with Crippen LogP contribution in [0.5, 0.6) is 0 Å². The van der Waals surface area contributed by atoms with Gasteiger partial charge in [-0.1, -0.05) is 62.4 Å². The molecule has 15 heteroatoms. The first kappa shape index (κ1) is 43.9. The van der Waals surface area contributed by atoms with Crippen LogP contribution in [0.15, 0.2) is 71.8 Å². The van der Waals surface area contributed by atoms with Gasteiger partial charge in [0.1, 0.15) is 29.0 Å². The third-order valence-corrected chi connectivity index (χ3v) is 12.9. The van der Waals surface area contributed by atoms with E-state index in [4.69, 9.17) is 28.4 Å². The van der Waals surface area contributed by atoms with Crippen molar-refractivity contribution in [1.82, 2.24) is 5.32 Å². The molecule has 1 aliphatic heterocycles. The Morgan fingerprint density at radius 1 is 0.949 bits per heavy atom. The molecule has 0 radical (unpaired) electrons. The van der Waals surface area contributed by atoms with E-state index in [9.17, 15) is 34.5 Å². The summed E-state index contributed by atoms with van der Waals surface area (Å²) in [6.07, 6.45) is -10.5. The molecule has 2 saturated carbocycles. The van der Waals surface area contributed by atoms with Crippen LogP contribution in [0.4, 0.5) is 4.79 Å². The minimum absolute atomic E-state index is 0.0521. The summed E-state index contributed by atoms with van der Waals surface area (Å²) in [5, 5.41) is 39.8. The number of esters is 3. The fourth-order valence-electron chi connectivity index (χ4n) is 9.69. The lowest BCUT2D eigenvalue weighted by molar-refractivity contribution is -0.350. The van der Waals surface area contributed by atoms with Gasteiger partial charge in [-0.25, -0.2) is 14.4 Å². The van der Waals surface area contributed by atoms with E-state index in [1.54, 1.807) is 90.1 Å². The zero-order valence-electron chi connectivity index (χ0n) is 34.8. The molecule has 1 saturated heterocycles. The first-order valence-corrected chi connectivity index (χ1v) is 19.7. The van der Waals surface area contributed by atoms with Crippen molar-refractivity contribution in [2.24, 2.45) is 16.7 Å². The molecule has 3 fully saturated rings. The molecular weight excluding hydrogens is 766 g/mol. The highest BCUT2D eigenvalue weighted by atomic mass is 16.6. The van der Waals surface area contributed by atoms with Gasteiger partial charge in [-0.15, -0.1) is 0 Å². The highest BCUT2D eigenvalue weighted by molar-refractivity contribution is 5.95. The van der Waals surface area contributed by atoms with Crippen LogP contribution in [-0.4, -0.2) is 112 Å². The SMILES string of the molecule is CO[C@@]12CO[C@@H]1C[C@H](O)[C@@]1(C)C(=O)[C@H](OC(C)=O)C3=C(C)[C@@H](OC(=O)[C@H](O)[C@@H](NC(=O)OC(C)(C)C)c4ccccc4)C[C@@](O)([C@@H](OC(=O)c4ccccc4)C12)C3(C)C. The van der Waals surface area contributed by atoms with E-state index in [2.05, 4.69) is 5.32 Å². The Balaban J connectivity index is 1.51. The van der Waals surface area contributed by atoms with Gasteiger partial charge in [-0.2, -0.15) is 0 Å². The Bertz CT molecular complexity index is 1990. The van der Waals surface area contributed by atoms with Crippen LogP contribution in [-0.2, 0) is 42.8 Å². The lowest BCUT2D eigenvalue weighted by atomic mass is 9.44. The number of aliphatic hydroxyl groups excluding tert-OH is 2. The van der Waals surface area contributed by atoms with Gasteiger partial charge in [0.2, 0.25) is 0 Å². The van der Waals surface area contributed by atoms with E-state index >= 15 is 4.79 Å². The molecule has 0 spiro atoms. The summed E-state index contributed by atoms with van der Waals surface area (Å²) in [6, 6.07) is 14.9. The second-order valence-corrected chi connectivity index (χ2v) is 17.8. The van der Waals surface area contributed by atoms with Gasteiger partial charge >= 0.3 is 24.0 Å². The smallest absolute Gasteiger partial charge is 0.408 e. The number of carbonyl (C=O) groups is 5. The molecule has 3 aliphatic carbocycles. The Kier molecular flexibility index (Phi) is 11.7. The first-order valence-electron chi connectivity index (χ1n) is 19.7. The molecule has 59 heavy (non-hydrogen) atoms. The van der Waals surface area contributed by atoms with Crippen molar-refractivity contribution in [2.75, 3.05) is 13.7 Å². The third-order valence-electron chi connectivity index (χ3n) is 12.9. The first-order chi connectivity index (χ1) is 27.5. The number of methoxy groups -OCH3 is 1. The lowest BCUT2D eigenvalue weighted by Crippen LogP contribution is -2.81. The van der Waals surface area contributed by atoms with Crippen molar-refractivity contribution < 1.29 is 67.7 Å². The number of aliphatic hydroxyl groups is 3. The maximum Gasteiger partial charge on any atom is 0.408 e. The summed E-state index contributed by atoms with van der Waals surface area (Å²) >= 11 is 0. The normalized spacial score (nSPS) is 33.3. The molecule has 1 heterocycles. The number of hydrogen-bond donors (Lipinski definition) is 4. The van der Waals surface area contributed by atoms with Crippen LogP contribution < -0.4 is 5.32 Å². The number of ketones is 1.